The molecule has 0 aromatic heterocycles. The Kier molecular flexibility index (Phi) is 5.43. The van der Waals surface area contributed by atoms with Gasteiger partial charge in [-0.2, -0.15) is 8.42 Å². The summed E-state index contributed by atoms with van der Waals surface area (Å²) in [6.45, 7) is -0.485. The lowest BCUT2D eigenvalue weighted by molar-refractivity contribution is -0.155. The Morgan fingerprint density at radius 3 is 2.40 bits per heavy atom. The summed E-state index contributed by atoms with van der Waals surface area (Å²) < 4.78 is 40.7. The number of rotatable bonds is 6. The first-order valence-corrected chi connectivity index (χ1v) is 9.79. The van der Waals surface area contributed by atoms with Crippen molar-refractivity contribution in [3.05, 3.63) is 35.9 Å². The molecule has 3 rings (SSSR count). The van der Waals surface area contributed by atoms with Crippen LogP contribution in [0.4, 0.5) is 0 Å². The second-order valence-corrected chi connectivity index (χ2v) is 7.85. The van der Waals surface area contributed by atoms with E-state index in [4.69, 9.17) is 9.29 Å². The number of benzene rings is 1. The number of esters is 1. The van der Waals surface area contributed by atoms with Gasteiger partial charge in [-0.1, -0.05) is 30.3 Å². The monoisotopic (exact) mass is 369 g/mol. The third-order valence-corrected chi connectivity index (χ3v) is 5.64. The molecule has 1 aromatic carbocycles. The number of hydrogen-bond acceptors (Lipinski definition) is 6. The number of carbonyl (C=O) groups excluding carboxylic acids is 1. The number of fused-ring (bicyclic) bond motifs is 2. The molecule has 2 bridgehead atoms. The molecule has 0 saturated carbocycles. The normalized spacial score (nSPS) is 27.8. The zero-order chi connectivity index (χ0) is 18.0. The average Bonchev–Trinajstić information content (AvgIpc) is 2.77. The number of carbonyl (C=O) groups is 1. The van der Waals surface area contributed by atoms with Crippen LogP contribution in [0.1, 0.15) is 37.2 Å². The highest BCUT2D eigenvalue weighted by Gasteiger charge is 2.40. The van der Waals surface area contributed by atoms with Crippen molar-refractivity contribution in [1.82, 2.24) is 4.90 Å². The van der Waals surface area contributed by atoms with Gasteiger partial charge < -0.3 is 9.64 Å². The molecule has 1 N–H and O–H groups in total. The Balaban J connectivity index is 1.69. The van der Waals surface area contributed by atoms with Crippen LogP contribution in [0.2, 0.25) is 0 Å². The van der Waals surface area contributed by atoms with Gasteiger partial charge in [0.1, 0.15) is 12.0 Å². The fourth-order valence-corrected chi connectivity index (χ4v) is 4.15. The Morgan fingerprint density at radius 2 is 1.84 bits per heavy atom. The maximum absolute atomic E-state index is 12.7. The molecule has 4 atom stereocenters. The van der Waals surface area contributed by atoms with Gasteiger partial charge in [-0.25, -0.2) is 4.18 Å². The Bertz CT molecular complexity index is 693. The molecule has 0 aliphatic carbocycles. The predicted molar refractivity (Wildman–Crippen MR) is 90.4 cm³/mol. The van der Waals surface area contributed by atoms with Gasteiger partial charge in [0.25, 0.3) is 0 Å². The van der Waals surface area contributed by atoms with Crippen molar-refractivity contribution in [3.8, 4) is 0 Å². The Morgan fingerprint density at radius 1 is 1.24 bits per heavy atom. The van der Waals surface area contributed by atoms with Crippen LogP contribution in [0.25, 0.3) is 0 Å². The van der Waals surface area contributed by atoms with Gasteiger partial charge in [-0.15, -0.1) is 0 Å². The minimum atomic E-state index is -4.62. The van der Waals surface area contributed by atoms with Crippen LogP contribution >= 0.6 is 0 Å². The second kappa shape index (κ2) is 7.41. The van der Waals surface area contributed by atoms with Gasteiger partial charge in [0, 0.05) is 12.1 Å². The van der Waals surface area contributed by atoms with E-state index in [9.17, 15) is 13.2 Å². The molecule has 25 heavy (non-hydrogen) atoms. The van der Waals surface area contributed by atoms with Crippen LogP contribution in [-0.2, 0) is 24.1 Å². The largest absolute Gasteiger partial charge is 0.462 e. The van der Waals surface area contributed by atoms with E-state index in [0.717, 1.165) is 25.7 Å². The molecule has 2 saturated heterocycles. The molecule has 2 aliphatic heterocycles. The molecule has 0 spiro atoms. The van der Waals surface area contributed by atoms with Crippen LogP contribution in [0, 0.1) is 0 Å². The summed E-state index contributed by atoms with van der Waals surface area (Å²) in [5.74, 6) is -1.43. The third-order valence-electron chi connectivity index (χ3n) is 5.21. The average molecular weight is 369 g/mol. The van der Waals surface area contributed by atoms with Gasteiger partial charge in [-0.05, 0) is 38.3 Å². The van der Waals surface area contributed by atoms with Crippen molar-refractivity contribution in [3.63, 3.8) is 0 Å². The molecule has 0 radical (unpaired) electrons. The number of ether oxygens (including phenoxy) is 1. The number of piperidine rings is 1. The lowest BCUT2D eigenvalue weighted by Gasteiger charge is -2.36. The SMILES string of the molecule is CN1[C@@H]2CC[C@H]1CC(OC(=O)C(COS(=O)(=O)O)c1ccccc1)C2. The van der Waals surface area contributed by atoms with Crippen molar-refractivity contribution in [2.45, 2.75) is 49.8 Å². The predicted octanol–water partition coefficient (Wildman–Crippen LogP) is 1.76. The smallest absolute Gasteiger partial charge is 0.397 e. The molecule has 2 heterocycles. The summed E-state index contributed by atoms with van der Waals surface area (Å²) in [5, 5.41) is 0. The van der Waals surface area contributed by atoms with E-state index in [1.54, 1.807) is 30.3 Å². The first-order chi connectivity index (χ1) is 11.8. The van der Waals surface area contributed by atoms with E-state index in [0.29, 0.717) is 17.6 Å². The molecule has 0 amide bonds. The Hall–Kier alpha value is -1.48. The third kappa shape index (κ3) is 4.58. The first-order valence-electron chi connectivity index (χ1n) is 8.42. The van der Waals surface area contributed by atoms with E-state index >= 15 is 0 Å². The molecule has 7 nitrogen and oxygen atoms in total. The zero-order valence-corrected chi connectivity index (χ0v) is 14.9. The van der Waals surface area contributed by atoms with Crippen LogP contribution in [0.3, 0.4) is 0 Å². The van der Waals surface area contributed by atoms with Gasteiger partial charge in [-0.3, -0.25) is 9.35 Å². The standard InChI is InChI=1S/C17H23NO6S/c1-18-13-7-8-14(18)10-15(9-13)24-17(19)16(11-23-25(20,21)22)12-5-3-2-4-6-12/h2-6,13-16H,7-11H2,1H3,(H,20,21,22)/t13-,14+,15?,16?. The highest BCUT2D eigenvalue weighted by Crippen LogP contribution is 2.36. The summed E-state index contributed by atoms with van der Waals surface area (Å²) in [6, 6.07) is 9.57. The molecule has 8 heteroatoms. The molecule has 2 aliphatic rings. The van der Waals surface area contributed by atoms with Crippen molar-refractivity contribution in [2.24, 2.45) is 0 Å². The van der Waals surface area contributed by atoms with Crippen molar-refractivity contribution in [1.29, 1.82) is 0 Å². The summed E-state index contributed by atoms with van der Waals surface area (Å²) in [7, 11) is -2.52. The van der Waals surface area contributed by atoms with Gasteiger partial charge in [0.15, 0.2) is 0 Å². The van der Waals surface area contributed by atoms with Crippen molar-refractivity contribution in [2.75, 3.05) is 13.7 Å². The fourth-order valence-electron chi connectivity index (χ4n) is 3.84. The van der Waals surface area contributed by atoms with Gasteiger partial charge >= 0.3 is 16.4 Å². The first kappa shape index (κ1) is 18.3. The van der Waals surface area contributed by atoms with Gasteiger partial charge in [0.05, 0.1) is 6.61 Å². The maximum atomic E-state index is 12.7. The van der Waals surface area contributed by atoms with Crippen LogP contribution in [0.15, 0.2) is 30.3 Å². The topological polar surface area (TPSA) is 93.1 Å². The number of nitrogens with zero attached hydrogens (tertiary/aromatic N) is 1. The highest BCUT2D eigenvalue weighted by atomic mass is 32.3. The van der Waals surface area contributed by atoms with Crippen LogP contribution in [0.5, 0.6) is 0 Å². The van der Waals surface area contributed by atoms with E-state index in [1.807, 2.05) is 0 Å². The molecule has 138 valence electrons. The van der Waals surface area contributed by atoms with E-state index in [1.165, 1.54) is 0 Å². The van der Waals surface area contributed by atoms with E-state index in [-0.39, 0.29) is 6.10 Å². The molecule has 2 unspecified atom stereocenters. The summed E-state index contributed by atoms with van der Waals surface area (Å²) >= 11 is 0. The minimum absolute atomic E-state index is 0.168. The van der Waals surface area contributed by atoms with Crippen molar-refractivity contribution < 1.29 is 26.7 Å². The van der Waals surface area contributed by atoms with E-state index < -0.39 is 28.9 Å². The molecular weight excluding hydrogens is 346 g/mol. The summed E-state index contributed by atoms with van der Waals surface area (Å²) in [5.41, 5.74) is 0.590. The van der Waals surface area contributed by atoms with Crippen LogP contribution in [-0.4, -0.2) is 55.7 Å². The fraction of sp³-hybridized carbons (Fsp3) is 0.588. The molecule has 2 fully saturated rings. The lowest BCUT2D eigenvalue weighted by Crippen LogP contribution is -2.44. The van der Waals surface area contributed by atoms with Gasteiger partial charge in [0.2, 0.25) is 0 Å². The van der Waals surface area contributed by atoms with Crippen molar-refractivity contribution >= 4 is 16.4 Å². The quantitative estimate of drug-likeness (QED) is 0.603. The van der Waals surface area contributed by atoms with E-state index in [2.05, 4.69) is 16.1 Å². The minimum Gasteiger partial charge on any atom is -0.462 e. The van der Waals surface area contributed by atoms with Crippen LogP contribution < -0.4 is 0 Å². The zero-order valence-electron chi connectivity index (χ0n) is 14.1. The Labute approximate surface area is 147 Å². The summed E-state index contributed by atoms with van der Waals surface area (Å²) in [4.78, 5) is 15.0. The number of hydrogen-bond donors (Lipinski definition) is 1. The molecule has 1 aromatic rings. The molecular formula is C17H23NO6S. The highest BCUT2D eigenvalue weighted by molar-refractivity contribution is 7.80. The second-order valence-electron chi connectivity index (χ2n) is 6.76. The maximum Gasteiger partial charge on any atom is 0.397 e. The lowest BCUT2D eigenvalue weighted by atomic mass is 9.98. The summed E-state index contributed by atoms with van der Waals surface area (Å²) in [6.07, 6.45) is 3.64.